The third-order valence-corrected chi connectivity index (χ3v) is 6.70. The minimum atomic E-state index is -3.18. The van der Waals surface area contributed by atoms with Crippen LogP contribution in [0.15, 0.2) is 59.3 Å². The molecule has 0 bridgehead atoms. The van der Waals surface area contributed by atoms with Gasteiger partial charge in [-0.05, 0) is 49.2 Å². The van der Waals surface area contributed by atoms with E-state index >= 15 is 0 Å². The Morgan fingerprint density at radius 2 is 1.72 bits per heavy atom. The third-order valence-electron chi connectivity index (χ3n) is 4.64. The van der Waals surface area contributed by atoms with Crippen LogP contribution in [0.3, 0.4) is 0 Å². The zero-order chi connectivity index (χ0) is 23.0. The maximum Gasteiger partial charge on any atom is 0.335 e. The molecule has 0 fully saturated rings. The van der Waals surface area contributed by atoms with Crippen molar-refractivity contribution in [3.05, 3.63) is 71.9 Å². The van der Waals surface area contributed by atoms with E-state index in [4.69, 9.17) is 13.6 Å². The summed E-state index contributed by atoms with van der Waals surface area (Å²) < 4.78 is 41.7. The van der Waals surface area contributed by atoms with Crippen molar-refractivity contribution in [3.63, 3.8) is 0 Å². The molecular formula is C23H26FN2O5P. The molecule has 0 aliphatic rings. The van der Waals surface area contributed by atoms with Gasteiger partial charge in [0.2, 0.25) is 5.91 Å². The van der Waals surface area contributed by atoms with Gasteiger partial charge in [0.1, 0.15) is 11.6 Å². The summed E-state index contributed by atoms with van der Waals surface area (Å²) in [5, 5.41) is 6.63. The van der Waals surface area contributed by atoms with E-state index in [1.807, 2.05) is 0 Å². The van der Waals surface area contributed by atoms with Gasteiger partial charge < -0.3 is 18.9 Å². The fourth-order valence-electron chi connectivity index (χ4n) is 3.20. The van der Waals surface area contributed by atoms with Gasteiger partial charge in [-0.1, -0.05) is 29.4 Å². The van der Waals surface area contributed by atoms with E-state index in [1.54, 1.807) is 56.4 Å². The topological polar surface area (TPSA) is 90.7 Å². The van der Waals surface area contributed by atoms with Gasteiger partial charge in [-0.3, -0.25) is 9.36 Å². The highest BCUT2D eigenvalue weighted by atomic mass is 31.2. The molecule has 170 valence electrons. The molecular weight excluding hydrogens is 434 g/mol. The number of rotatable bonds is 11. The predicted molar refractivity (Wildman–Crippen MR) is 120 cm³/mol. The van der Waals surface area contributed by atoms with E-state index in [9.17, 15) is 13.8 Å². The second-order valence-electron chi connectivity index (χ2n) is 7.02. The first kappa shape index (κ1) is 23.9. The highest BCUT2D eigenvalue weighted by molar-refractivity contribution is 7.53. The van der Waals surface area contributed by atoms with Crippen LogP contribution in [-0.2, 0) is 31.0 Å². The lowest BCUT2D eigenvalue weighted by Gasteiger charge is -2.17. The molecule has 0 saturated carbocycles. The summed E-state index contributed by atoms with van der Waals surface area (Å²) >= 11 is 0. The molecule has 0 radical (unpaired) electrons. The summed E-state index contributed by atoms with van der Waals surface area (Å²) in [5.41, 5.74) is 2.92. The molecule has 0 unspecified atom stereocenters. The molecule has 0 atom stereocenters. The first-order chi connectivity index (χ1) is 15.4. The highest BCUT2D eigenvalue weighted by Crippen LogP contribution is 2.51. The summed E-state index contributed by atoms with van der Waals surface area (Å²) in [6.07, 6.45) is 2.26. The number of halogens is 1. The second kappa shape index (κ2) is 11.2. The van der Waals surface area contributed by atoms with Crippen LogP contribution in [0.4, 0.5) is 10.1 Å². The fourth-order valence-corrected chi connectivity index (χ4v) is 4.90. The molecule has 1 amide bonds. The third kappa shape index (κ3) is 6.60. The molecule has 0 aliphatic carbocycles. The average Bonchev–Trinajstić information content (AvgIpc) is 3.23. The molecule has 32 heavy (non-hydrogen) atoms. The number of carbonyl (C=O) groups is 1. The number of nitrogens with zero attached hydrogens (tertiary/aromatic N) is 1. The molecule has 0 spiro atoms. The zero-order valence-corrected chi connectivity index (χ0v) is 18.9. The van der Waals surface area contributed by atoms with Gasteiger partial charge >= 0.3 is 7.60 Å². The number of aryl methyl sites for hydroxylation is 1. The number of amides is 1. The Balaban J connectivity index is 1.55. The number of benzene rings is 2. The van der Waals surface area contributed by atoms with Gasteiger partial charge in [0, 0.05) is 24.1 Å². The van der Waals surface area contributed by atoms with E-state index in [2.05, 4.69) is 10.5 Å². The number of nitrogens with one attached hydrogen (secondary N) is 1. The van der Waals surface area contributed by atoms with Crippen molar-refractivity contribution in [2.45, 2.75) is 32.9 Å². The smallest absolute Gasteiger partial charge is 0.335 e. The normalized spacial score (nSPS) is 11.5. The second-order valence-corrected chi connectivity index (χ2v) is 9.07. The molecule has 9 heteroatoms. The van der Waals surface area contributed by atoms with Crippen LogP contribution < -0.4 is 5.32 Å². The molecule has 1 heterocycles. The minimum absolute atomic E-state index is 0.167. The molecule has 3 aromatic rings. The standard InChI is InChI=1S/C23H26FN2O5P/c1-3-29-32(28,30-4-2)16-17-5-11-20(12-6-17)26-23(27)14-13-22-21(15-25-31-22)18-7-9-19(24)10-8-18/h5-12,15H,3-4,13-14,16H2,1-2H3,(H,26,27). The van der Waals surface area contributed by atoms with E-state index in [1.165, 1.54) is 12.1 Å². The largest absolute Gasteiger partial charge is 0.361 e. The number of carbonyl (C=O) groups excluding carboxylic acids is 1. The van der Waals surface area contributed by atoms with Crippen molar-refractivity contribution < 1.29 is 27.3 Å². The number of hydrogen-bond donors (Lipinski definition) is 1. The Bertz CT molecular complexity index is 1060. The number of anilines is 1. The summed E-state index contributed by atoms with van der Waals surface area (Å²) in [7, 11) is -3.18. The number of hydrogen-bond acceptors (Lipinski definition) is 6. The van der Waals surface area contributed by atoms with E-state index < -0.39 is 7.60 Å². The Labute approximate surface area is 186 Å². The van der Waals surface area contributed by atoms with Gasteiger partial charge in [-0.15, -0.1) is 0 Å². The van der Waals surface area contributed by atoms with Crippen LogP contribution in [0.1, 0.15) is 31.6 Å². The summed E-state index contributed by atoms with van der Waals surface area (Å²) in [4.78, 5) is 12.4. The Morgan fingerprint density at radius 1 is 1.06 bits per heavy atom. The van der Waals surface area contributed by atoms with Crippen LogP contribution in [0.5, 0.6) is 0 Å². The first-order valence-corrected chi connectivity index (χ1v) is 12.1. The molecule has 3 rings (SSSR count). The molecule has 0 aliphatic heterocycles. The van der Waals surface area contributed by atoms with Crippen molar-refractivity contribution in [1.82, 2.24) is 5.16 Å². The van der Waals surface area contributed by atoms with Gasteiger partial charge in [0.15, 0.2) is 0 Å². The number of aromatic nitrogens is 1. The van der Waals surface area contributed by atoms with Crippen LogP contribution in [0.25, 0.3) is 11.1 Å². The van der Waals surface area contributed by atoms with Crippen molar-refractivity contribution in [1.29, 1.82) is 0 Å². The fraction of sp³-hybridized carbons (Fsp3) is 0.304. The van der Waals surface area contributed by atoms with Crippen LogP contribution in [0, 0.1) is 5.82 Å². The van der Waals surface area contributed by atoms with Crippen molar-refractivity contribution in [2.75, 3.05) is 18.5 Å². The average molecular weight is 460 g/mol. The monoisotopic (exact) mass is 460 g/mol. The lowest BCUT2D eigenvalue weighted by atomic mass is 10.0. The summed E-state index contributed by atoms with van der Waals surface area (Å²) in [6.45, 7) is 4.15. The maximum atomic E-state index is 13.1. The summed E-state index contributed by atoms with van der Waals surface area (Å²) in [6, 6.07) is 13.1. The van der Waals surface area contributed by atoms with Crippen LogP contribution in [0.2, 0.25) is 0 Å². The molecule has 1 aromatic heterocycles. The van der Waals surface area contributed by atoms with Crippen LogP contribution >= 0.6 is 7.60 Å². The van der Waals surface area contributed by atoms with Crippen molar-refractivity contribution in [2.24, 2.45) is 0 Å². The van der Waals surface area contributed by atoms with Crippen molar-refractivity contribution >= 4 is 19.2 Å². The molecule has 2 aromatic carbocycles. The lowest BCUT2D eigenvalue weighted by Crippen LogP contribution is -2.12. The minimum Gasteiger partial charge on any atom is -0.361 e. The quantitative estimate of drug-likeness (QED) is 0.363. The van der Waals surface area contributed by atoms with Crippen molar-refractivity contribution in [3.8, 4) is 11.1 Å². The van der Waals surface area contributed by atoms with Gasteiger partial charge in [-0.25, -0.2) is 4.39 Å². The van der Waals surface area contributed by atoms with E-state index in [0.717, 1.165) is 16.7 Å². The molecule has 0 saturated heterocycles. The van der Waals surface area contributed by atoms with E-state index in [-0.39, 0.29) is 24.3 Å². The predicted octanol–water partition coefficient (Wildman–Crippen LogP) is 5.82. The van der Waals surface area contributed by atoms with Gasteiger partial charge in [0.25, 0.3) is 0 Å². The van der Waals surface area contributed by atoms with E-state index in [0.29, 0.717) is 31.1 Å². The maximum absolute atomic E-state index is 13.1. The Morgan fingerprint density at radius 3 is 2.34 bits per heavy atom. The van der Waals surface area contributed by atoms with Gasteiger partial charge in [0.05, 0.1) is 25.6 Å². The highest BCUT2D eigenvalue weighted by Gasteiger charge is 2.24. The van der Waals surface area contributed by atoms with Crippen LogP contribution in [-0.4, -0.2) is 24.3 Å². The Hall–Kier alpha value is -2.80. The zero-order valence-electron chi connectivity index (χ0n) is 18.0. The lowest BCUT2D eigenvalue weighted by molar-refractivity contribution is -0.116. The summed E-state index contributed by atoms with van der Waals surface area (Å²) in [5.74, 6) is 0.0500. The Kier molecular flexibility index (Phi) is 8.33. The van der Waals surface area contributed by atoms with Gasteiger partial charge in [-0.2, -0.15) is 0 Å². The first-order valence-electron chi connectivity index (χ1n) is 10.4. The molecule has 1 N–H and O–H groups in total. The SMILES string of the molecule is CCOP(=O)(Cc1ccc(NC(=O)CCc2oncc2-c2ccc(F)cc2)cc1)OCC. The molecule has 7 nitrogen and oxygen atoms in total.